The van der Waals surface area contributed by atoms with E-state index in [0.29, 0.717) is 0 Å². The first-order valence-corrected chi connectivity index (χ1v) is 2.47. The van der Waals surface area contributed by atoms with Gasteiger partial charge in [-0.05, 0) is 12.8 Å². The van der Waals surface area contributed by atoms with E-state index in [1.54, 1.807) is 0 Å². The van der Waals surface area contributed by atoms with Crippen LogP contribution in [-0.2, 0) is 24.3 Å². The minimum absolute atomic E-state index is 0. The molecule has 8 heavy (non-hydrogen) atoms. The minimum Gasteiger partial charge on any atom is -0.550 e. The van der Waals surface area contributed by atoms with Gasteiger partial charge in [0, 0.05) is 5.97 Å². The number of carboxylic acid groups (broad SMARTS) is 1. The van der Waals surface area contributed by atoms with E-state index in [1.807, 2.05) is 6.92 Å². The van der Waals surface area contributed by atoms with E-state index in [4.69, 9.17) is 0 Å². The second-order valence-electron chi connectivity index (χ2n) is 1.48. The number of carbonyl (C=O) groups excluding carboxylic acids is 1. The molecule has 2 nitrogen and oxygen atoms in total. The van der Waals surface area contributed by atoms with Gasteiger partial charge in [0.05, 0.1) is 0 Å². The summed E-state index contributed by atoms with van der Waals surface area (Å²) in [7, 11) is 0. The average Bonchev–Trinajstić information content (AvgIpc) is 1.61. The third-order valence-electron chi connectivity index (χ3n) is 0.734. The zero-order chi connectivity index (χ0) is 5.70. The Kier molecular flexibility index (Phi) is 9.72. The molecule has 0 bridgehead atoms. The molecule has 0 saturated heterocycles. The van der Waals surface area contributed by atoms with Crippen LogP contribution in [0.4, 0.5) is 0 Å². The Labute approximate surface area is 62.0 Å². The summed E-state index contributed by atoms with van der Waals surface area (Å²) in [5.74, 6) is -0.943. The third-order valence-corrected chi connectivity index (χ3v) is 0.734. The monoisotopic (exact) mass is 204 g/mol. The summed E-state index contributed by atoms with van der Waals surface area (Å²) in [5, 5.41) is 9.65. The van der Waals surface area contributed by atoms with Crippen molar-refractivity contribution in [2.45, 2.75) is 26.2 Å². The standard InChI is InChI=1S/C5H10O2.Rh/c1-2-3-4-5(6)7;/h2-4H2,1H3,(H,6,7);/q;+2/p-1. The molecule has 0 N–H and O–H groups in total. The minimum atomic E-state index is -0.943. The molecule has 0 fully saturated rings. The summed E-state index contributed by atoms with van der Waals surface area (Å²) in [4.78, 5) is 9.65. The first kappa shape index (κ1) is 11.0. The predicted molar refractivity (Wildman–Crippen MR) is 24.5 cm³/mol. The zero-order valence-corrected chi connectivity index (χ0v) is 6.41. The van der Waals surface area contributed by atoms with Crippen molar-refractivity contribution in [1.29, 1.82) is 0 Å². The number of carbonyl (C=O) groups is 1. The summed E-state index contributed by atoms with van der Waals surface area (Å²) in [5.41, 5.74) is 0. The Morgan fingerprint density at radius 2 is 2.12 bits per heavy atom. The Balaban J connectivity index is 0. The largest absolute Gasteiger partial charge is 2.00 e. The molecule has 0 aromatic carbocycles. The van der Waals surface area contributed by atoms with Crippen molar-refractivity contribution in [2.75, 3.05) is 0 Å². The van der Waals surface area contributed by atoms with Crippen molar-refractivity contribution >= 4 is 5.97 Å². The van der Waals surface area contributed by atoms with Gasteiger partial charge in [0.25, 0.3) is 0 Å². The molecule has 0 aliphatic heterocycles. The van der Waals surface area contributed by atoms with Crippen LogP contribution in [-0.4, -0.2) is 5.97 Å². The SMILES string of the molecule is CCCCC(=O)[O-].[Rh+2]. The van der Waals surface area contributed by atoms with E-state index >= 15 is 0 Å². The van der Waals surface area contributed by atoms with Gasteiger partial charge in [-0.1, -0.05) is 13.3 Å². The maximum Gasteiger partial charge on any atom is 2.00 e. The molecule has 1 radical (unpaired) electrons. The molecule has 0 atom stereocenters. The fourth-order valence-electron chi connectivity index (χ4n) is 0.321. The Morgan fingerprint density at radius 3 is 2.25 bits per heavy atom. The van der Waals surface area contributed by atoms with Crippen molar-refractivity contribution in [3.05, 3.63) is 0 Å². The van der Waals surface area contributed by atoms with Gasteiger partial charge in [0.1, 0.15) is 0 Å². The van der Waals surface area contributed by atoms with Crippen molar-refractivity contribution in [3.63, 3.8) is 0 Å². The molecular formula is C5H9O2Rh+. The van der Waals surface area contributed by atoms with Crippen LogP contribution >= 0.6 is 0 Å². The van der Waals surface area contributed by atoms with Crippen LogP contribution in [0.15, 0.2) is 0 Å². The molecule has 0 aromatic heterocycles. The first-order chi connectivity index (χ1) is 3.27. The van der Waals surface area contributed by atoms with E-state index < -0.39 is 5.97 Å². The molecule has 0 spiro atoms. The van der Waals surface area contributed by atoms with E-state index in [-0.39, 0.29) is 25.9 Å². The quantitative estimate of drug-likeness (QED) is 0.603. The van der Waals surface area contributed by atoms with E-state index in [1.165, 1.54) is 0 Å². The summed E-state index contributed by atoms with van der Waals surface area (Å²) >= 11 is 0. The smallest absolute Gasteiger partial charge is 0.550 e. The molecule has 0 aliphatic carbocycles. The van der Waals surface area contributed by atoms with Crippen LogP contribution in [0.2, 0.25) is 0 Å². The Hall–Kier alpha value is 0.0934. The van der Waals surface area contributed by atoms with E-state index in [2.05, 4.69) is 0 Å². The van der Waals surface area contributed by atoms with E-state index in [0.717, 1.165) is 12.8 Å². The van der Waals surface area contributed by atoms with E-state index in [9.17, 15) is 9.90 Å². The van der Waals surface area contributed by atoms with Gasteiger partial charge in [-0.15, -0.1) is 0 Å². The number of carboxylic acids is 1. The normalized spacial score (nSPS) is 7.62. The fourth-order valence-corrected chi connectivity index (χ4v) is 0.321. The number of aliphatic carboxylic acids is 1. The second kappa shape index (κ2) is 7.09. The van der Waals surface area contributed by atoms with Gasteiger partial charge >= 0.3 is 19.5 Å². The van der Waals surface area contributed by atoms with Crippen molar-refractivity contribution in [1.82, 2.24) is 0 Å². The maximum absolute atomic E-state index is 9.65. The van der Waals surface area contributed by atoms with Crippen LogP contribution in [0.5, 0.6) is 0 Å². The maximum atomic E-state index is 9.65. The number of hydrogen-bond donors (Lipinski definition) is 0. The summed E-state index contributed by atoms with van der Waals surface area (Å²) in [6, 6.07) is 0. The van der Waals surface area contributed by atoms with Crippen LogP contribution < -0.4 is 5.11 Å². The van der Waals surface area contributed by atoms with Gasteiger partial charge in [-0.2, -0.15) is 0 Å². The zero-order valence-electron chi connectivity index (χ0n) is 4.77. The number of rotatable bonds is 3. The fraction of sp³-hybridized carbons (Fsp3) is 0.800. The van der Waals surface area contributed by atoms with Gasteiger partial charge in [0.15, 0.2) is 0 Å². The molecule has 0 aromatic rings. The summed E-state index contributed by atoms with van der Waals surface area (Å²) < 4.78 is 0. The summed E-state index contributed by atoms with van der Waals surface area (Å²) in [6.07, 6.45) is 1.87. The third kappa shape index (κ3) is 9.43. The average molecular weight is 204 g/mol. The number of hydrogen-bond acceptors (Lipinski definition) is 2. The van der Waals surface area contributed by atoms with Crippen molar-refractivity contribution in [2.24, 2.45) is 0 Å². The van der Waals surface area contributed by atoms with Gasteiger partial charge in [-0.3, -0.25) is 0 Å². The molecular weight excluding hydrogens is 195 g/mol. The number of unbranched alkanes of at least 4 members (excludes halogenated alkanes) is 1. The van der Waals surface area contributed by atoms with Gasteiger partial charge in [-0.25, -0.2) is 0 Å². The second-order valence-corrected chi connectivity index (χ2v) is 1.48. The van der Waals surface area contributed by atoms with Crippen LogP contribution in [0.25, 0.3) is 0 Å². The molecule has 0 amide bonds. The summed E-state index contributed by atoms with van der Waals surface area (Å²) in [6.45, 7) is 1.95. The first-order valence-electron chi connectivity index (χ1n) is 2.47. The van der Waals surface area contributed by atoms with Gasteiger partial charge < -0.3 is 9.90 Å². The molecule has 0 unspecified atom stereocenters. The van der Waals surface area contributed by atoms with Crippen molar-refractivity contribution in [3.8, 4) is 0 Å². The van der Waals surface area contributed by atoms with Crippen LogP contribution in [0, 0.1) is 0 Å². The molecule has 49 valence electrons. The predicted octanol–water partition coefficient (Wildman–Crippen LogP) is -0.0760. The molecule has 0 heterocycles. The molecule has 0 aliphatic rings. The molecule has 0 rings (SSSR count). The van der Waals surface area contributed by atoms with Crippen LogP contribution in [0.3, 0.4) is 0 Å². The molecule has 0 saturated carbocycles. The van der Waals surface area contributed by atoms with Gasteiger partial charge in [0.2, 0.25) is 0 Å². The Bertz CT molecular complexity index is 63.4. The van der Waals surface area contributed by atoms with Crippen LogP contribution in [0.1, 0.15) is 26.2 Å². The van der Waals surface area contributed by atoms with Crippen molar-refractivity contribution < 1.29 is 29.4 Å². The topological polar surface area (TPSA) is 40.1 Å². The Morgan fingerprint density at radius 1 is 1.62 bits per heavy atom. The molecule has 3 heteroatoms.